The summed E-state index contributed by atoms with van der Waals surface area (Å²) in [6, 6.07) is 9.27. The number of rotatable bonds is 5. The normalized spacial score (nSPS) is 12.1. The first kappa shape index (κ1) is 13.6. The van der Waals surface area contributed by atoms with E-state index in [-0.39, 0.29) is 0 Å². The minimum atomic E-state index is 0.469. The Morgan fingerprint density at radius 1 is 1.47 bits per heavy atom. The molecule has 0 amide bonds. The Kier molecular flexibility index (Phi) is 4.58. The van der Waals surface area contributed by atoms with Crippen LogP contribution >= 0.6 is 11.8 Å². The van der Waals surface area contributed by atoms with Crippen molar-refractivity contribution in [2.75, 3.05) is 0 Å². The van der Waals surface area contributed by atoms with Crippen molar-refractivity contribution in [1.82, 2.24) is 10.1 Å². The molecule has 0 radical (unpaired) electrons. The third-order valence-corrected chi connectivity index (χ3v) is 4.11. The summed E-state index contributed by atoms with van der Waals surface area (Å²) in [5, 5.41) is 13.4. The lowest BCUT2D eigenvalue weighted by atomic mass is 10.1. The molecule has 0 N–H and O–H groups in total. The van der Waals surface area contributed by atoms with Crippen LogP contribution in [0.3, 0.4) is 0 Å². The SMILES string of the molecule is CCC(C)SCc1noc(-c2cccc(C#N)c2)n1. The van der Waals surface area contributed by atoms with Gasteiger partial charge in [0.25, 0.3) is 5.89 Å². The third kappa shape index (κ3) is 3.58. The van der Waals surface area contributed by atoms with Crippen LogP contribution in [0.2, 0.25) is 0 Å². The molecule has 1 atom stereocenters. The zero-order valence-corrected chi connectivity index (χ0v) is 11.8. The van der Waals surface area contributed by atoms with Gasteiger partial charge >= 0.3 is 0 Å². The van der Waals surface area contributed by atoms with Gasteiger partial charge in [-0.05, 0) is 24.6 Å². The molecular formula is C14H15N3OS. The standard InChI is InChI=1S/C14H15N3OS/c1-3-10(2)19-9-13-16-14(18-17-13)12-6-4-5-11(7-12)8-15/h4-7,10H,3,9H2,1-2H3. The summed E-state index contributed by atoms with van der Waals surface area (Å²) in [6.45, 7) is 4.34. The van der Waals surface area contributed by atoms with E-state index in [1.165, 1.54) is 0 Å². The Balaban J connectivity index is 2.10. The zero-order chi connectivity index (χ0) is 13.7. The molecule has 0 fully saturated rings. The second-order valence-corrected chi connectivity index (χ2v) is 5.66. The van der Waals surface area contributed by atoms with Crippen LogP contribution in [0.1, 0.15) is 31.7 Å². The molecule has 1 unspecified atom stereocenters. The Morgan fingerprint density at radius 2 is 2.32 bits per heavy atom. The fourth-order valence-corrected chi connectivity index (χ4v) is 2.27. The van der Waals surface area contributed by atoms with Crippen molar-refractivity contribution in [3.05, 3.63) is 35.7 Å². The first-order chi connectivity index (χ1) is 9.22. The third-order valence-electron chi connectivity index (χ3n) is 2.78. The molecule has 0 saturated heterocycles. The van der Waals surface area contributed by atoms with Crippen LogP contribution in [0.5, 0.6) is 0 Å². The van der Waals surface area contributed by atoms with E-state index in [0.717, 1.165) is 17.7 Å². The molecular weight excluding hydrogens is 258 g/mol. The second kappa shape index (κ2) is 6.39. The second-order valence-electron chi connectivity index (χ2n) is 4.24. The molecule has 1 heterocycles. The summed E-state index contributed by atoms with van der Waals surface area (Å²) < 4.78 is 5.23. The van der Waals surface area contributed by atoms with Crippen molar-refractivity contribution in [3.8, 4) is 17.5 Å². The van der Waals surface area contributed by atoms with Crippen LogP contribution in [-0.2, 0) is 5.75 Å². The van der Waals surface area contributed by atoms with E-state index in [2.05, 4.69) is 30.1 Å². The molecule has 0 aliphatic heterocycles. The van der Waals surface area contributed by atoms with Crippen molar-refractivity contribution >= 4 is 11.8 Å². The van der Waals surface area contributed by atoms with Crippen LogP contribution < -0.4 is 0 Å². The summed E-state index contributed by atoms with van der Waals surface area (Å²) >= 11 is 1.81. The summed E-state index contributed by atoms with van der Waals surface area (Å²) in [5.74, 6) is 1.91. The molecule has 1 aromatic heterocycles. The van der Waals surface area contributed by atoms with Gasteiger partial charge in [0.2, 0.25) is 0 Å². The largest absolute Gasteiger partial charge is 0.334 e. The van der Waals surface area contributed by atoms with Gasteiger partial charge in [-0.2, -0.15) is 22.0 Å². The summed E-state index contributed by atoms with van der Waals surface area (Å²) in [6.07, 6.45) is 1.12. The summed E-state index contributed by atoms with van der Waals surface area (Å²) in [5.41, 5.74) is 1.37. The Labute approximate surface area is 116 Å². The molecule has 1 aromatic carbocycles. The van der Waals surface area contributed by atoms with E-state index in [0.29, 0.717) is 22.5 Å². The summed E-state index contributed by atoms with van der Waals surface area (Å²) in [4.78, 5) is 4.35. The predicted octanol–water partition coefficient (Wildman–Crippen LogP) is 3.64. The summed E-state index contributed by atoms with van der Waals surface area (Å²) in [7, 11) is 0. The number of thioether (sulfide) groups is 1. The molecule has 98 valence electrons. The van der Waals surface area contributed by atoms with Gasteiger partial charge < -0.3 is 4.52 Å². The fourth-order valence-electron chi connectivity index (χ4n) is 1.49. The minimum Gasteiger partial charge on any atom is -0.334 e. The van der Waals surface area contributed by atoms with E-state index < -0.39 is 0 Å². The minimum absolute atomic E-state index is 0.469. The molecule has 4 nitrogen and oxygen atoms in total. The van der Waals surface area contributed by atoms with Crippen LogP contribution in [0.15, 0.2) is 28.8 Å². The highest BCUT2D eigenvalue weighted by Crippen LogP contribution is 2.22. The maximum Gasteiger partial charge on any atom is 0.257 e. The highest BCUT2D eigenvalue weighted by atomic mass is 32.2. The van der Waals surface area contributed by atoms with E-state index in [1.54, 1.807) is 12.1 Å². The average Bonchev–Trinajstić information content (AvgIpc) is 2.93. The first-order valence-corrected chi connectivity index (χ1v) is 7.22. The van der Waals surface area contributed by atoms with E-state index in [4.69, 9.17) is 9.78 Å². The maximum atomic E-state index is 8.87. The number of nitrogens with zero attached hydrogens (tertiary/aromatic N) is 3. The van der Waals surface area contributed by atoms with Gasteiger partial charge in [0, 0.05) is 10.8 Å². The van der Waals surface area contributed by atoms with Gasteiger partial charge in [-0.3, -0.25) is 0 Å². The van der Waals surface area contributed by atoms with Gasteiger partial charge in [-0.15, -0.1) is 0 Å². The van der Waals surface area contributed by atoms with Crippen molar-refractivity contribution < 1.29 is 4.52 Å². The molecule has 5 heteroatoms. The van der Waals surface area contributed by atoms with Crippen molar-refractivity contribution in [3.63, 3.8) is 0 Å². The van der Waals surface area contributed by atoms with Crippen LogP contribution in [0, 0.1) is 11.3 Å². The van der Waals surface area contributed by atoms with Crippen LogP contribution in [0.25, 0.3) is 11.5 Å². The van der Waals surface area contributed by atoms with Gasteiger partial charge in [0.1, 0.15) is 0 Å². The van der Waals surface area contributed by atoms with Crippen molar-refractivity contribution in [1.29, 1.82) is 5.26 Å². The average molecular weight is 273 g/mol. The molecule has 0 saturated carbocycles. The van der Waals surface area contributed by atoms with E-state index >= 15 is 0 Å². The van der Waals surface area contributed by atoms with Gasteiger partial charge in [0.15, 0.2) is 5.82 Å². The molecule has 0 aliphatic carbocycles. The quantitative estimate of drug-likeness (QED) is 0.832. The van der Waals surface area contributed by atoms with Gasteiger partial charge in [0.05, 0.1) is 17.4 Å². The monoisotopic (exact) mass is 273 g/mol. The lowest BCUT2D eigenvalue weighted by Crippen LogP contribution is -1.94. The first-order valence-electron chi connectivity index (χ1n) is 6.17. The lowest BCUT2D eigenvalue weighted by Gasteiger charge is -2.04. The Morgan fingerprint density at radius 3 is 3.05 bits per heavy atom. The topological polar surface area (TPSA) is 62.7 Å². The molecule has 2 aromatic rings. The molecule has 0 bridgehead atoms. The highest BCUT2D eigenvalue weighted by Gasteiger charge is 2.10. The zero-order valence-electron chi connectivity index (χ0n) is 11.0. The predicted molar refractivity (Wildman–Crippen MR) is 75.5 cm³/mol. The van der Waals surface area contributed by atoms with E-state index in [1.807, 2.05) is 23.9 Å². The van der Waals surface area contributed by atoms with Gasteiger partial charge in [-0.25, -0.2) is 0 Å². The maximum absolute atomic E-state index is 8.87. The Bertz CT molecular complexity index is 588. The van der Waals surface area contributed by atoms with Gasteiger partial charge in [-0.1, -0.05) is 25.1 Å². The molecule has 19 heavy (non-hydrogen) atoms. The molecule has 0 spiro atoms. The molecule has 2 rings (SSSR count). The lowest BCUT2D eigenvalue weighted by molar-refractivity contribution is 0.425. The molecule has 0 aliphatic rings. The number of hydrogen-bond donors (Lipinski definition) is 0. The fraction of sp³-hybridized carbons (Fsp3) is 0.357. The van der Waals surface area contributed by atoms with Crippen LogP contribution in [0.4, 0.5) is 0 Å². The van der Waals surface area contributed by atoms with Crippen molar-refractivity contribution in [2.24, 2.45) is 0 Å². The van der Waals surface area contributed by atoms with Crippen LogP contribution in [-0.4, -0.2) is 15.4 Å². The van der Waals surface area contributed by atoms with Crippen molar-refractivity contribution in [2.45, 2.75) is 31.3 Å². The van der Waals surface area contributed by atoms with E-state index in [9.17, 15) is 0 Å². The smallest absolute Gasteiger partial charge is 0.257 e. The number of nitriles is 1. The highest BCUT2D eigenvalue weighted by molar-refractivity contribution is 7.99. The number of benzene rings is 1. The number of aromatic nitrogens is 2. The Hall–Kier alpha value is -1.80. The number of hydrogen-bond acceptors (Lipinski definition) is 5.